The van der Waals surface area contributed by atoms with Crippen molar-refractivity contribution in [1.29, 1.82) is 0 Å². The first-order valence-corrected chi connectivity index (χ1v) is 10.4. The van der Waals surface area contributed by atoms with Gasteiger partial charge in [0.2, 0.25) is 34.8 Å². The van der Waals surface area contributed by atoms with Crippen LogP contribution < -0.4 is 10.1 Å². The lowest BCUT2D eigenvalue weighted by molar-refractivity contribution is -0.143. The van der Waals surface area contributed by atoms with E-state index in [4.69, 9.17) is 0 Å². The molecule has 1 aliphatic carbocycles. The maximum Gasteiger partial charge on any atom is 0.360 e. The predicted molar refractivity (Wildman–Crippen MR) is 115 cm³/mol. The van der Waals surface area contributed by atoms with Crippen molar-refractivity contribution in [2.24, 2.45) is 4.99 Å². The van der Waals surface area contributed by atoms with Crippen molar-refractivity contribution in [2.45, 2.75) is 5.67 Å². The van der Waals surface area contributed by atoms with Crippen molar-refractivity contribution in [3.63, 3.8) is 0 Å². The first-order chi connectivity index (χ1) is 15.9. The SMILES string of the molecule is CN1CN=C2C=C(Nc3ccc(I)cc3F)C(F)(C(=O)Oc3c(F)c(F)c(F)c(F)c3F)C=C21. The van der Waals surface area contributed by atoms with E-state index in [1.807, 2.05) is 22.6 Å². The highest BCUT2D eigenvalue weighted by Crippen LogP contribution is 2.37. The number of hydrogen-bond donors (Lipinski definition) is 1. The van der Waals surface area contributed by atoms with Crippen molar-refractivity contribution < 1.29 is 40.3 Å². The van der Waals surface area contributed by atoms with E-state index in [-0.39, 0.29) is 23.8 Å². The molecule has 1 atom stereocenters. The third kappa shape index (κ3) is 3.91. The summed E-state index contributed by atoms with van der Waals surface area (Å²) in [5.74, 6) is -17.0. The van der Waals surface area contributed by atoms with Crippen LogP contribution in [-0.2, 0) is 4.79 Å². The van der Waals surface area contributed by atoms with Gasteiger partial charge < -0.3 is 15.0 Å². The number of nitrogens with zero attached hydrogens (tertiary/aromatic N) is 2. The summed E-state index contributed by atoms with van der Waals surface area (Å²) in [6, 6.07) is 3.83. The molecule has 0 aromatic heterocycles. The van der Waals surface area contributed by atoms with E-state index in [2.05, 4.69) is 15.0 Å². The third-order valence-corrected chi connectivity index (χ3v) is 5.67. The van der Waals surface area contributed by atoms with Crippen molar-refractivity contribution in [2.75, 3.05) is 19.0 Å². The number of carbonyl (C=O) groups is 1. The summed E-state index contributed by atoms with van der Waals surface area (Å²) in [4.78, 5) is 18.3. The van der Waals surface area contributed by atoms with E-state index < -0.39 is 58.0 Å². The number of carbonyl (C=O) groups excluding carboxylic acids is 1. The molecule has 0 radical (unpaired) electrons. The lowest BCUT2D eigenvalue weighted by Gasteiger charge is -2.29. The van der Waals surface area contributed by atoms with Gasteiger partial charge in [0.1, 0.15) is 12.5 Å². The largest absolute Gasteiger partial charge is 0.417 e. The van der Waals surface area contributed by atoms with Gasteiger partial charge in [0.05, 0.1) is 22.8 Å². The number of fused-ring (bicyclic) bond motifs is 1. The molecule has 178 valence electrons. The lowest BCUT2D eigenvalue weighted by atomic mass is 9.92. The first kappa shape index (κ1) is 24.0. The van der Waals surface area contributed by atoms with E-state index >= 15 is 4.39 Å². The third-order valence-electron chi connectivity index (χ3n) is 5.00. The van der Waals surface area contributed by atoms with Gasteiger partial charge in [0, 0.05) is 10.6 Å². The quantitative estimate of drug-likeness (QED) is 0.135. The fourth-order valence-electron chi connectivity index (χ4n) is 3.22. The number of hydrogen-bond acceptors (Lipinski definition) is 5. The van der Waals surface area contributed by atoms with Gasteiger partial charge in [-0.2, -0.15) is 8.78 Å². The summed E-state index contributed by atoms with van der Waals surface area (Å²) in [5.41, 5.74) is -3.97. The second kappa shape index (κ2) is 8.60. The van der Waals surface area contributed by atoms with Crippen molar-refractivity contribution >= 4 is 40.0 Å². The van der Waals surface area contributed by atoms with E-state index in [1.165, 1.54) is 24.1 Å². The number of halogens is 8. The summed E-state index contributed by atoms with van der Waals surface area (Å²) in [6.07, 6.45) is 1.75. The Bertz CT molecular complexity index is 1300. The number of benzene rings is 2. The van der Waals surface area contributed by atoms with Crippen LogP contribution in [0.3, 0.4) is 0 Å². The Balaban J connectivity index is 1.78. The Labute approximate surface area is 200 Å². The maximum absolute atomic E-state index is 16.2. The highest BCUT2D eigenvalue weighted by Gasteiger charge is 2.48. The molecule has 13 heteroatoms. The summed E-state index contributed by atoms with van der Waals surface area (Å²) >= 11 is 1.84. The van der Waals surface area contributed by atoms with Crippen LogP contribution in [0, 0.1) is 38.5 Å². The molecule has 1 heterocycles. The topological polar surface area (TPSA) is 53.9 Å². The molecule has 0 spiro atoms. The number of esters is 1. The summed E-state index contributed by atoms with van der Waals surface area (Å²) in [7, 11) is 1.50. The Morgan fingerprint density at radius 1 is 1.09 bits per heavy atom. The van der Waals surface area contributed by atoms with Crippen molar-refractivity contribution in [3.8, 4) is 5.75 Å². The van der Waals surface area contributed by atoms with E-state index in [1.54, 1.807) is 0 Å². The van der Waals surface area contributed by atoms with Gasteiger partial charge in [-0.1, -0.05) is 0 Å². The number of aliphatic imine (C=N–C) groups is 1. The molecule has 2 aromatic rings. The van der Waals surface area contributed by atoms with Gasteiger partial charge in [0.15, 0.2) is 0 Å². The van der Waals surface area contributed by atoms with Crippen LogP contribution in [0.25, 0.3) is 0 Å². The predicted octanol–water partition coefficient (Wildman–Crippen LogP) is 4.98. The zero-order valence-electron chi connectivity index (χ0n) is 16.8. The zero-order valence-corrected chi connectivity index (χ0v) is 19.0. The average molecular weight is 597 g/mol. The molecule has 0 saturated carbocycles. The standard InChI is InChI=1S/C21H11F7IN3O2/c1-32-7-30-11-5-13(31-10-3-2-8(29)4-9(10)22)21(28,6-12(11)32)20(33)34-19-17(26)15(24)14(23)16(25)18(19)27/h2-6,31H,7H2,1H3. The minimum Gasteiger partial charge on any atom is -0.417 e. The highest BCUT2D eigenvalue weighted by molar-refractivity contribution is 14.1. The molecule has 0 fully saturated rings. The average Bonchev–Trinajstić information content (AvgIpc) is 3.14. The van der Waals surface area contributed by atoms with Crippen LogP contribution in [0.2, 0.25) is 0 Å². The van der Waals surface area contributed by atoms with Gasteiger partial charge in [-0.25, -0.2) is 26.7 Å². The Morgan fingerprint density at radius 3 is 2.32 bits per heavy atom. The summed E-state index contributed by atoms with van der Waals surface area (Å²) in [6.45, 7) is 0.0750. The molecule has 0 bridgehead atoms. The van der Waals surface area contributed by atoms with Gasteiger partial charge in [-0.3, -0.25) is 4.99 Å². The molecule has 1 aliphatic heterocycles. The van der Waals surface area contributed by atoms with Crippen molar-refractivity contribution in [3.05, 3.63) is 80.2 Å². The molecule has 34 heavy (non-hydrogen) atoms. The van der Waals surface area contributed by atoms with Crippen LogP contribution in [-0.4, -0.2) is 36.0 Å². The molecule has 4 rings (SSSR count). The number of rotatable bonds is 4. The van der Waals surface area contributed by atoms with Gasteiger partial charge >= 0.3 is 5.97 Å². The number of alkyl halides is 1. The van der Waals surface area contributed by atoms with Crippen molar-refractivity contribution in [1.82, 2.24) is 4.90 Å². The van der Waals surface area contributed by atoms with Gasteiger partial charge in [-0.05, 0) is 52.9 Å². The number of anilines is 1. The second-order valence-electron chi connectivity index (χ2n) is 7.22. The van der Waals surface area contributed by atoms with Crippen LogP contribution in [0.5, 0.6) is 5.75 Å². The fraction of sp³-hybridized carbons (Fsp3) is 0.143. The Hall–Kier alpha value is -3.10. The smallest absolute Gasteiger partial charge is 0.360 e. The second-order valence-corrected chi connectivity index (χ2v) is 8.47. The highest BCUT2D eigenvalue weighted by atomic mass is 127. The molecular formula is C21H11F7IN3O2. The minimum atomic E-state index is -3.34. The van der Waals surface area contributed by atoms with Crippen LogP contribution in [0.4, 0.5) is 36.4 Å². The monoisotopic (exact) mass is 597 g/mol. The molecule has 0 saturated heterocycles. The number of ether oxygens (including phenoxy) is 1. The normalized spacial score (nSPS) is 19.3. The summed E-state index contributed by atoms with van der Waals surface area (Å²) in [5, 5.41) is 2.39. The number of allylic oxidation sites excluding steroid dienone is 1. The Kier molecular flexibility index (Phi) is 6.08. The first-order valence-electron chi connectivity index (χ1n) is 9.29. The van der Waals surface area contributed by atoms with Crippen LogP contribution in [0.1, 0.15) is 0 Å². The van der Waals surface area contributed by atoms with E-state index in [0.29, 0.717) is 9.65 Å². The van der Waals surface area contributed by atoms with Crippen LogP contribution in [0.15, 0.2) is 46.7 Å². The zero-order chi connectivity index (χ0) is 24.9. The molecular weight excluding hydrogens is 586 g/mol. The molecule has 1 N–H and O–H groups in total. The van der Waals surface area contributed by atoms with Crippen LogP contribution >= 0.6 is 22.6 Å². The van der Waals surface area contributed by atoms with Gasteiger partial charge in [-0.15, -0.1) is 0 Å². The fourth-order valence-corrected chi connectivity index (χ4v) is 3.67. The summed E-state index contributed by atoms with van der Waals surface area (Å²) < 4.78 is 104. The van der Waals surface area contributed by atoms with Gasteiger partial charge in [0.25, 0.3) is 5.67 Å². The Morgan fingerprint density at radius 2 is 1.71 bits per heavy atom. The van der Waals surface area contributed by atoms with E-state index in [0.717, 1.165) is 12.1 Å². The molecule has 2 aliphatic rings. The van der Waals surface area contributed by atoms with E-state index in [9.17, 15) is 31.1 Å². The maximum atomic E-state index is 16.2. The lowest BCUT2D eigenvalue weighted by Crippen LogP contribution is -2.44. The minimum absolute atomic E-state index is 0.0750. The molecule has 1 unspecified atom stereocenters. The number of nitrogens with one attached hydrogen (secondary N) is 1. The molecule has 5 nitrogen and oxygen atoms in total. The molecule has 0 amide bonds. The molecule has 2 aromatic carbocycles.